The first-order valence-corrected chi connectivity index (χ1v) is 19.5. The number of hydrogen-bond donors (Lipinski definition) is 3. The van der Waals surface area contributed by atoms with Gasteiger partial charge in [-0.15, -0.1) is 0 Å². The summed E-state index contributed by atoms with van der Waals surface area (Å²) in [7, 11) is 8.04. The van der Waals surface area contributed by atoms with Crippen LogP contribution in [0.3, 0.4) is 0 Å². The molecule has 0 fully saturated rings. The number of aliphatic hydroxyl groups excluding tert-OH is 3. The van der Waals surface area contributed by atoms with Crippen molar-refractivity contribution in [3.63, 3.8) is 0 Å². The van der Waals surface area contributed by atoms with Gasteiger partial charge in [-0.25, -0.2) is 0 Å². The van der Waals surface area contributed by atoms with Gasteiger partial charge in [-0.1, -0.05) is 150 Å². The summed E-state index contributed by atoms with van der Waals surface area (Å²) in [5.41, 5.74) is 0. The molecule has 0 aliphatic rings. The van der Waals surface area contributed by atoms with Crippen molar-refractivity contribution in [3.8, 4) is 0 Å². The van der Waals surface area contributed by atoms with Gasteiger partial charge in [-0.05, 0) is 104 Å². The zero-order valence-electron chi connectivity index (χ0n) is 46.3. The summed E-state index contributed by atoms with van der Waals surface area (Å²) in [6, 6.07) is 0. The van der Waals surface area contributed by atoms with Crippen molar-refractivity contribution in [2.45, 2.75) is 181 Å². The Morgan fingerprint density at radius 2 is 0.345 bits per heavy atom. The Morgan fingerprint density at radius 1 is 0.310 bits per heavy atom. The van der Waals surface area contributed by atoms with Crippen LogP contribution in [0, 0.1) is 14.9 Å². The van der Waals surface area contributed by atoms with E-state index in [9.17, 15) is 0 Å². The molecule has 0 amide bonds. The maximum absolute atomic E-state index is 7.00. The third-order valence-electron chi connectivity index (χ3n) is 2.87. The van der Waals surface area contributed by atoms with E-state index in [1.54, 1.807) is 21.3 Å². The van der Waals surface area contributed by atoms with Crippen molar-refractivity contribution in [2.75, 3.05) is 62.5 Å². The molecule has 0 spiro atoms. The molecule has 9 heteroatoms. The minimum atomic E-state index is 0. The normalized spacial score (nSPS) is 6.31. The molecular formula is C49H126BO6Y2-2. The molecule has 0 atom stereocenters. The minimum Gasteiger partial charge on any atom is -0.400 e. The Labute approximate surface area is 432 Å². The van der Waals surface area contributed by atoms with Gasteiger partial charge in [0.2, 0.25) is 0 Å². The van der Waals surface area contributed by atoms with E-state index in [0.717, 1.165) is 41.2 Å². The molecule has 0 heterocycles. The Balaban J connectivity index is -0.0000000100. The van der Waals surface area contributed by atoms with Gasteiger partial charge >= 0.3 is 0 Å². The SMILES string of the molecule is C.C/C=C/C.C/C=C/C.C/C=C\C.C/C=C\C.C/C=C\C.C/C=C\C.CC.CC.CC.CC.CC.CCOC.CCOC.CCOC.CO.CO.CO.[2HH].[B].[CH3-].[CH3-].[Y].[Y]. The molecule has 0 rings (SSSR count). The van der Waals surface area contributed by atoms with Crippen LogP contribution in [0.2, 0.25) is 0 Å². The van der Waals surface area contributed by atoms with E-state index < -0.39 is 0 Å². The van der Waals surface area contributed by atoms with Crippen LogP contribution in [-0.2, 0) is 79.6 Å². The van der Waals surface area contributed by atoms with Gasteiger partial charge in [0, 0.05) is 138 Å². The van der Waals surface area contributed by atoms with Crippen molar-refractivity contribution in [1.82, 2.24) is 0 Å². The number of allylic oxidation sites excluding steroid dienone is 12. The standard InChI is InChI=1S/6C4H8.3C3H8O.5C2H6.3CH4O.CH4.2CH3.B.2Y.H2/c9*1-3-4-2;8*1-2;;;;;;;/h6*3-4H,1-2H3;3*3H2,1-2H3;5*1-2H3;3*2H,1H3;1H4;2*1H3;;;;1H/q;;;;;;;;;;;;;;;;;;2*-1;;;;/b2*4-3+;4*4-3-;;;;;;;;;;;;;;;;;;/i;;;;;;;;;;;;;;;;;;;;;;;1+1. The van der Waals surface area contributed by atoms with E-state index in [-0.39, 0.29) is 97.5 Å². The van der Waals surface area contributed by atoms with E-state index in [4.69, 9.17) is 15.3 Å². The zero-order chi connectivity index (χ0) is 46.7. The van der Waals surface area contributed by atoms with Crippen molar-refractivity contribution in [1.29, 1.82) is 0 Å². The molecule has 0 saturated heterocycles. The van der Waals surface area contributed by atoms with Crippen molar-refractivity contribution < 1.29 is 96.4 Å². The summed E-state index contributed by atoms with van der Waals surface area (Å²) in [5.74, 6) is 0. The molecule has 5 radical (unpaired) electrons. The fraction of sp³-hybridized carbons (Fsp3) is 0.714. The van der Waals surface area contributed by atoms with Crippen LogP contribution >= 0.6 is 0 Å². The molecule has 0 aliphatic heterocycles. The van der Waals surface area contributed by atoms with Crippen LogP contribution in [0.25, 0.3) is 0 Å². The maximum Gasteiger partial charge on any atom is 0.0433 e. The largest absolute Gasteiger partial charge is 0.400 e. The van der Waals surface area contributed by atoms with Crippen molar-refractivity contribution in [2.24, 2.45) is 0 Å². The summed E-state index contributed by atoms with van der Waals surface area (Å²) in [6.07, 6.45) is 24.0. The smallest absolute Gasteiger partial charge is 0.0433 e. The van der Waals surface area contributed by atoms with E-state index in [2.05, 4.69) is 14.2 Å². The molecular weight excluding hydrogens is 873 g/mol. The fourth-order valence-corrected chi connectivity index (χ4v) is 0. The van der Waals surface area contributed by atoms with Crippen LogP contribution in [-0.4, -0.2) is 86.2 Å². The third kappa shape index (κ3) is 1940. The van der Waals surface area contributed by atoms with E-state index >= 15 is 0 Å². The predicted molar refractivity (Wildman–Crippen MR) is 284 cm³/mol. The number of rotatable bonds is 3. The minimum absolute atomic E-state index is 0. The van der Waals surface area contributed by atoms with Crippen LogP contribution in [0.1, 0.15) is 182 Å². The molecule has 0 aliphatic carbocycles. The van der Waals surface area contributed by atoms with Gasteiger partial charge in [0.05, 0.1) is 0 Å². The Kier molecular flexibility index (Phi) is 1420. The molecule has 0 unspecified atom stereocenters. The van der Waals surface area contributed by atoms with Crippen molar-refractivity contribution in [3.05, 3.63) is 87.8 Å². The molecule has 369 valence electrons. The van der Waals surface area contributed by atoms with Gasteiger partial charge in [0.1, 0.15) is 0 Å². The van der Waals surface area contributed by atoms with Crippen LogP contribution in [0.15, 0.2) is 72.9 Å². The molecule has 0 aromatic heterocycles. The van der Waals surface area contributed by atoms with Gasteiger partial charge < -0.3 is 44.4 Å². The summed E-state index contributed by atoms with van der Waals surface area (Å²) < 4.78 is 13.6. The molecule has 0 aromatic rings. The maximum atomic E-state index is 7.00. The van der Waals surface area contributed by atoms with E-state index in [1.807, 2.05) is 246 Å². The molecule has 58 heavy (non-hydrogen) atoms. The second-order valence-electron chi connectivity index (χ2n) is 5.73. The fourth-order valence-electron chi connectivity index (χ4n) is 0. The third-order valence-corrected chi connectivity index (χ3v) is 2.87. The van der Waals surface area contributed by atoms with Gasteiger partial charge in [-0.2, -0.15) is 0 Å². The van der Waals surface area contributed by atoms with Gasteiger partial charge in [-0.3, -0.25) is 0 Å². The first-order valence-electron chi connectivity index (χ1n) is 19.5. The van der Waals surface area contributed by atoms with Crippen LogP contribution in [0.5, 0.6) is 0 Å². The quantitative estimate of drug-likeness (QED) is 0.148. The number of aliphatic hydroxyl groups is 3. The number of hydrogen-bond acceptors (Lipinski definition) is 6. The summed E-state index contributed by atoms with van der Waals surface area (Å²) >= 11 is 0. The predicted octanol–water partition coefficient (Wildman–Crippen LogP) is 16.8. The first-order chi connectivity index (χ1) is 25.2. The van der Waals surface area contributed by atoms with Crippen LogP contribution in [0.4, 0.5) is 0 Å². The average molecular weight is 1000 g/mol. The summed E-state index contributed by atoms with van der Waals surface area (Å²) in [5, 5.41) is 21.0. The van der Waals surface area contributed by atoms with E-state index in [0.29, 0.717) is 0 Å². The second kappa shape index (κ2) is 537. The Hall–Kier alpha value is 0.473. The first kappa shape index (κ1) is 153. The Morgan fingerprint density at radius 3 is 0.345 bits per heavy atom. The number of methoxy groups -OCH3 is 3. The zero-order valence-corrected chi connectivity index (χ0v) is 52.0. The summed E-state index contributed by atoms with van der Waals surface area (Å²) in [4.78, 5) is 0. The molecule has 6 nitrogen and oxygen atoms in total. The summed E-state index contributed by atoms with van der Waals surface area (Å²) in [6.45, 7) is 52.3. The molecule has 0 bridgehead atoms. The number of ether oxygens (including phenoxy) is 3. The van der Waals surface area contributed by atoms with Crippen molar-refractivity contribution >= 4 is 8.41 Å². The second-order valence-corrected chi connectivity index (χ2v) is 5.73. The van der Waals surface area contributed by atoms with Gasteiger partial charge in [0.15, 0.2) is 0 Å². The van der Waals surface area contributed by atoms with Gasteiger partial charge in [0.25, 0.3) is 0 Å². The molecule has 0 aromatic carbocycles. The molecule has 0 saturated carbocycles. The Bertz CT molecular complexity index is 286. The average Bonchev–Trinajstić information content (AvgIpc) is 3.29. The molecule has 3 N–H and O–H groups in total. The monoisotopic (exact) mass is 1000 g/mol. The van der Waals surface area contributed by atoms with Crippen LogP contribution < -0.4 is 0 Å². The topological polar surface area (TPSA) is 88.4 Å². The van der Waals surface area contributed by atoms with E-state index in [1.165, 1.54) is 0 Å².